The molecule has 6 heteroatoms. The zero-order valence-corrected chi connectivity index (χ0v) is 16.1. The van der Waals surface area contributed by atoms with Crippen molar-refractivity contribution < 1.29 is 9.47 Å². The first-order chi connectivity index (χ1) is 12.7. The number of ether oxygens (including phenoxy) is 2. The third kappa shape index (κ3) is 5.02. The van der Waals surface area contributed by atoms with E-state index in [1.54, 1.807) is 13.2 Å². The van der Waals surface area contributed by atoms with Crippen LogP contribution in [0, 0.1) is 0 Å². The summed E-state index contributed by atoms with van der Waals surface area (Å²) >= 11 is 5.95. The van der Waals surface area contributed by atoms with Crippen LogP contribution in [-0.4, -0.2) is 42.7 Å². The lowest BCUT2D eigenvalue weighted by molar-refractivity contribution is 0.210. The topological polar surface area (TPSA) is 46.6 Å². The molecule has 1 aliphatic rings. The van der Waals surface area contributed by atoms with Crippen molar-refractivity contribution >= 4 is 17.4 Å². The highest BCUT2D eigenvalue weighted by molar-refractivity contribution is 6.29. The van der Waals surface area contributed by atoms with E-state index in [1.165, 1.54) is 5.56 Å². The number of likely N-dealkylation sites (tertiary alicyclic amines) is 1. The standard InChI is InChI=1S/C20H26ClN3O2/c1-3-26-18-13-15(7-8-17(18)25-2)14-24-11-9-16(10-12-24)22-20-6-4-5-19(21)23-20/h4-8,13,16H,3,9-12,14H2,1-2H3,(H,22,23). The van der Waals surface area contributed by atoms with Crippen molar-refractivity contribution in [2.24, 2.45) is 0 Å². The highest BCUT2D eigenvalue weighted by atomic mass is 35.5. The molecule has 2 heterocycles. The summed E-state index contributed by atoms with van der Waals surface area (Å²) in [5.74, 6) is 2.45. The lowest BCUT2D eigenvalue weighted by atomic mass is 10.0. The second kappa shape index (κ2) is 9.10. The highest BCUT2D eigenvalue weighted by Gasteiger charge is 2.20. The number of rotatable bonds is 7. The molecule has 2 aromatic rings. The van der Waals surface area contributed by atoms with E-state index < -0.39 is 0 Å². The molecule has 0 atom stereocenters. The van der Waals surface area contributed by atoms with Crippen molar-refractivity contribution in [3.63, 3.8) is 0 Å². The first kappa shape index (κ1) is 18.8. The average Bonchev–Trinajstić information content (AvgIpc) is 2.64. The zero-order chi connectivity index (χ0) is 18.4. The number of benzene rings is 1. The van der Waals surface area contributed by atoms with Crippen molar-refractivity contribution in [2.45, 2.75) is 32.4 Å². The predicted octanol–water partition coefficient (Wildman–Crippen LogP) is 4.22. The summed E-state index contributed by atoms with van der Waals surface area (Å²) < 4.78 is 11.0. The van der Waals surface area contributed by atoms with Crippen LogP contribution in [0.2, 0.25) is 5.15 Å². The number of nitrogens with zero attached hydrogens (tertiary/aromatic N) is 2. The number of hydrogen-bond acceptors (Lipinski definition) is 5. The van der Waals surface area contributed by atoms with Gasteiger partial charge in [-0.3, -0.25) is 4.90 Å². The van der Waals surface area contributed by atoms with E-state index in [-0.39, 0.29) is 0 Å². The van der Waals surface area contributed by atoms with E-state index in [9.17, 15) is 0 Å². The van der Waals surface area contributed by atoms with Crippen LogP contribution in [0.25, 0.3) is 0 Å². The third-order valence-electron chi connectivity index (χ3n) is 4.59. The molecule has 0 aliphatic carbocycles. The van der Waals surface area contributed by atoms with Crippen molar-refractivity contribution in [2.75, 3.05) is 32.1 Å². The Kier molecular flexibility index (Phi) is 6.58. The number of hydrogen-bond donors (Lipinski definition) is 1. The fourth-order valence-corrected chi connectivity index (χ4v) is 3.44. The number of anilines is 1. The number of pyridine rings is 1. The molecule has 0 bridgehead atoms. The van der Waals surface area contributed by atoms with Gasteiger partial charge in [-0.1, -0.05) is 23.7 Å². The minimum Gasteiger partial charge on any atom is -0.493 e. The van der Waals surface area contributed by atoms with E-state index in [2.05, 4.69) is 27.3 Å². The highest BCUT2D eigenvalue weighted by Crippen LogP contribution is 2.29. The molecular weight excluding hydrogens is 350 g/mol. The number of nitrogens with one attached hydrogen (secondary N) is 1. The number of halogens is 1. The molecule has 5 nitrogen and oxygen atoms in total. The van der Waals surface area contributed by atoms with Crippen LogP contribution in [0.1, 0.15) is 25.3 Å². The second-order valence-corrected chi connectivity index (χ2v) is 6.85. The molecule has 1 aromatic heterocycles. The monoisotopic (exact) mass is 375 g/mol. The summed E-state index contributed by atoms with van der Waals surface area (Å²) in [7, 11) is 1.67. The molecule has 26 heavy (non-hydrogen) atoms. The largest absolute Gasteiger partial charge is 0.493 e. The van der Waals surface area contributed by atoms with E-state index in [0.717, 1.165) is 49.8 Å². The number of piperidine rings is 1. The molecule has 0 amide bonds. The first-order valence-corrected chi connectivity index (χ1v) is 9.47. The Morgan fingerprint density at radius 1 is 1.19 bits per heavy atom. The normalized spacial score (nSPS) is 15.7. The van der Waals surface area contributed by atoms with Crippen molar-refractivity contribution in [1.82, 2.24) is 9.88 Å². The molecule has 1 N–H and O–H groups in total. The SMILES string of the molecule is CCOc1cc(CN2CCC(Nc3cccc(Cl)n3)CC2)ccc1OC. The van der Waals surface area contributed by atoms with Gasteiger partial charge in [0.25, 0.3) is 0 Å². The zero-order valence-electron chi connectivity index (χ0n) is 15.4. The lowest BCUT2D eigenvalue weighted by Crippen LogP contribution is -2.38. The average molecular weight is 376 g/mol. The quantitative estimate of drug-likeness (QED) is 0.734. The van der Waals surface area contributed by atoms with Crippen LogP contribution in [0.4, 0.5) is 5.82 Å². The summed E-state index contributed by atoms with van der Waals surface area (Å²) in [6, 6.07) is 12.3. The Morgan fingerprint density at radius 2 is 2.00 bits per heavy atom. The molecule has 1 saturated heterocycles. The number of aromatic nitrogens is 1. The predicted molar refractivity (Wildman–Crippen MR) is 105 cm³/mol. The Labute approximate surface area is 160 Å². The van der Waals surface area contributed by atoms with E-state index in [4.69, 9.17) is 21.1 Å². The minimum atomic E-state index is 0.437. The van der Waals surface area contributed by atoms with Crippen LogP contribution in [0.3, 0.4) is 0 Å². The van der Waals surface area contributed by atoms with Gasteiger partial charge < -0.3 is 14.8 Å². The van der Waals surface area contributed by atoms with Crippen LogP contribution in [0.5, 0.6) is 11.5 Å². The summed E-state index contributed by atoms with van der Waals surface area (Å²) in [4.78, 5) is 6.79. The molecule has 1 aromatic carbocycles. The molecule has 0 saturated carbocycles. The fourth-order valence-electron chi connectivity index (χ4n) is 3.28. The molecule has 1 aliphatic heterocycles. The summed E-state index contributed by atoms with van der Waals surface area (Å²) in [5.41, 5.74) is 1.25. The Morgan fingerprint density at radius 3 is 2.69 bits per heavy atom. The van der Waals surface area contributed by atoms with E-state index >= 15 is 0 Å². The maximum atomic E-state index is 5.95. The Bertz CT molecular complexity index is 718. The third-order valence-corrected chi connectivity index (χ3v) is 4.80. The van der Waals surface area contributed by atoms with E-state index in [1.807, 2.05) is 25.1 Å². The molecule has 3 rings (SSSR count). The molecular formula is C20H26ClN3O2. The van der Waals surface area contributed by atoms with Crippen molar-refractivity contribution in [1.29, 1.82) is 0 Å². The minimum absolute atomic E-state index is 0.437. The van der Waals surface area contributed by atoms with Gasteiger partial charge in [-0.2, -0.15) is 0 Å². The van der Waals surface area contributed by atoms with Gasteiger partial charge in [-0.05, 0) is 49.6 Å². The summed E-state index contributed by atoms with van der Waals surface area (Å²) in [5, 5.41) is 4.01. The van der Waals surface area contributed by atoms with Gasteiger partial charge in [0.1, 0.15) is 11.0 Å². The van der Waals surface area contributed by atoms with Crippen LogP contribution in [-0.2, 0) is 6.54 Å². The van der Waals surface area contributed by atoms with Crippen molar-refractivity contribution in [3.8, 4) is 11.5 Å². The van der Waals surface area contributed by atoms with Gasteiger partial charge in [0.15, 0.2) is 11.5 Å². The molecule has 140 valence electrons. The summed E-state index contributed by atoms with van der Waals surface area (Å²) in [6.45, 7) is 5.64. The van der Waals surface area contributed by atoms with E-state index in [0.29, 0.717) is 17.8 Å². The lowest BCUT2D eigenvalue weighted by Gasteiger charge is -2.32. The van der Waals surface area contributed by atoms with Gasteiger partial charge in [-0.25, -0.2) is 4.98 Å². The molecule has 0 unspecified atom stereocenters. The molecule has 0 radical (unpaired) electrons. The fraction of sp³-hybridized carbons (Fsp3) is 0.450. The van der Waals surface area contributed by atoms with Crippen LogP contribution >= 0.6 is 11.6 Å². The summed E-state index contributed by atoms with van der Waals surface area (Å²) in [6.07, 6.45) is 2.17. The van der Waals surface area contributed by atoms with Gasteiger partial charge in [0.2, 0.25) is 0 Å². The van der Waals surface area contributed by atoms with Crippen molar-refractivity contribution in [3.05, 3.63) is 47.1 Å². The van der Waals surface area contributed by atoms with Crippen LogP contribution in [0.15, 0.2) is 36.4 Å². The molecule has 1 fully saturated rings. The van der Waals surface area contributed by atoms with Gasteiger partial charge in [-0.15, -0.1) is 0 Å². The maximum absolute atomic E-state index is 5.95. The van der Waals surface area contributed by atoms with Crippen LogP contribution < -0.4 is 14.8 Å². The number of methoxy groups -OCH3 is 1. The van der Waals surface area contributed by atoms with Gasteiger partial charge >= 0.3 is 0 Å². The Hall–Kier alpha value is -1.98. The molecule has 0 spiro atoms. The second-order valence-electron chi connectivity index (χ2n) is 6.46. The smallest absolute Gasteiger partial charge is 0.161 e. The van der Waals surface area contributed by atoms with Gasteiger partial charge in [0.05, 0.1) is 13.7 Å². The Balaban J connectivity index is 1.53. The first-order valence-electron chi connectivity index (χ1n) is 9.09. The maximum Gasteiger partial charge on any atom is 0.161 e. The van der Waals surface area contributed by atoms with Gasteiger partial charge in [0, 0.05) is 25.7 Å².